The predicted octanol–water partition coefficient (Wildman–Crippen LogP) is 5.45. The smallest absolute Gasteiger partial charge is 0.269 e. The number of non-ortho nitro benzene ring substituents is 1. The van der Waals surface area contributed by atoms with Crippen molar-refractivity contribution >= 4 is 51.1 Å². The summed E-state index contributed by atoms with van der Waals surface area (Å²) in [6, 6.07) is 23.9. The first-order valence-electron chi connectivity index (χ1n) is 11.4. The Morgan fingerprint density at radius 1 is 1.03 bits per heavy atom. The number of benzene rings is 3. The lowest BCUT2D eigenvalue weighted by Gasteiger charge is -2.14. The molecule has 0 radical (unpaired) electrons. The zero-order valence-corrected chi connectivity index (χ0v) is 20.2. The number of anilines is 1. The number of nitro benzene ring substituents is 1. The lowest BCUT2D eigenvalue weighted by molar-refractivity contribution is -0.384. The lowest BCUT2D eigenvalue weighted by atomic mass is 10.2. The van der Waals surface area contributed by atoms with Gasteiger partial charge in [0.2, 0.25) is 11.1 Å². The molecule has 36 heavy (non-hydrogen) atoms. The van der Waals surface area contributed by atoms with Gasteiger partial charge in [0, 0.05) is 29.8 Å². The maximum absolute atomic E-state index is 12.9. The van der Waals surface area contributed by atoms with E-state index in [2.05, 4.69) is 32.2 Å². The van der Waals surface area contributed by atoms with Gasteiger partial charge >= 0.3 is 0 Å². The van der Waals surface area contributed by atoms with Crippen molar-refractivity contribution in [2.75, 3.05) is 5.32 Å². The molecular weight excluding hydrogens is 476 g/mol. The van der Waals surface area contributed by atoms with Crippen LogP contribution in [0.5, 0.6) is 0 Å². The van der Waals surface area contributed by atoms with Gasteiger partial charge in [-0.3, -0.25) is 14.9 Å². The summed E-state index contributed by atoms with van der Waals surface area (Å²) in [6.07, 6.45) is 0.540. The van der Waals surface area contributed by atoms with Crippen LogP contribution in [0, 0.1) is 10.1 Å². The molecule has 0 aliphatic rings. The molecule has 0 unspecified atom stereocenters. The fourth-order valence-corrected chi connectivity index (χ4v) is 4.82. The van der Waals surface area contributed by atoms with Gasteiger partial charge < -0.3 is 9.88 Å². The van der Waals surface area contributed by atoms with Crippen LogP contribution in [0.3, 0.4) is 0 Å². The monoisotopic (exact) mass is 498 g/mol. The van der Waals surface area contributed by atoms with Gasteiger partial charge in [-0.15, -0.1) is 10.2 Å². The highest BCUT2D eigenvalue weighted by Gasteiger charge is 2.22. The fourth-order valence-electron chi connectivity index (χ4n) is 4.00. The van der Waals surface area contributed by atoms with Crippen LogP contribution in [-0.4, -0.2) is 35.8 Å². The second-order valence-electron chi connectivity index (χ2n) is 8.16. The van der Waals surface area contributed by atoms with Crippen molar-refractivity contribution in [1.82, 2.24) is 19.7 Å². The number of fused-ring (bicyclic) bond motifs is 3. The Balaban J connectivity index is 1.43. The molecule has 0 fully saturated rings. The average Bonchev–Trinajstić information content (AvgIpc) is 3.21. The van der Waals surface area contributed by atoms with Gasteiger partial charge in [-0.05, 0) is 30.2 Å². The quantitative estimate of drug-likeness (QED) is 0.172. The van der Waals surface area contributed by atoms with Gasteiger partial charge in [-0.1, -0.05) is 67.2 Å². The van der Waals surface area contributed by atoms with Crippen LogP contribution in [0.1, 0.15) is 18.9 Å². The van der Waals surface area contributed by atoms with Crippen molar-refractivity contribution in [1.29, 1.82) is 0 Å². The van der Waals surface area contributed by atoms with E-state index < -0.39 is 10.2 Å². The van der Waals surface area contributed by atoms with Gasteiger partial charge in [-0.25, -0.2) is 4.98 Å². The van der Waals surface area contributed by atoms with E-state index in [1.165, 1.54) is 36.0 Å². The normalized spacial score (nSPS) is 12.0. The van der Waals surface area contributed by atoms with Crippen molar-refractivity contribution in [2.24, 2.45) is 0 Å². The number of nitro groups is 1. The maximum atomic E-state index is 12.9. The molecule has 5 rings (SSSR count). The number of nitrogens with one attached hydrogen (secondary N) is 1. The van der Waals surface area contributed by atoms with Crippen LogP contribution >= 0.6 is 11.8 Å². The molecule has 0 spiro atoms. The van der Waals surface area contributed by atoms with E-state index >= 15 is 0 Å². The third-order valence-corrected chi connectivity index (χ3v) is 7.01. The summed E-state index contributed by atoms with van der Waals surface area (Å²) in [5.74, 6) is -0.232. The first-order chi connectivity index (χ1) is 17.5. The first kappa shape index (κ1) is 23.4. The number of carbonyl (C=O) groups excluding carboxylic acids is 1. The summed E-state index contributed by atoms with van der Waals surface area (Å²) in [5.41, 5.74) is 4.04. The number of carbonyl (C=O) groups is 1. The number of para-hydroxylation sites is 1. The topological polar surface area (TPSA) is 116 Å². The number of thioether (sulfide) groups is 1. The minimum atomic E-state index is -0.478. The Morgan fingerprint density at radius 2 is 1.75 bits per heavy atom. The van der Waals surface area contributed by atoms with Gasteiger partial charge in [0.1, 0.15) is 5.52 Å². The Labute approximate surface area is 210 Å². The van der Waals surface area contributed by atoms with Gasteiger partial charge in [0.25, 0.3) is 5.69 Å². The van der Waals surface area contributed by atoms with E-state index in [1.807, 2.05) is 49.4 Å². The molecule has 0 bridgehead atoms. The minimum Gasteiger partial charge on any atom is -0.325 e. The van der Waals surface area contributed by atoms with Crippen molar-refractivity contribution < 1.29 is 9.72 Å². The first-order valence-corrected chi connectivity index (χ1v) is 12.3. The largest absolute Gasteiger partial charge is 0.325 e. The van der Waals surface area contributed by atoms with E-state index in [9.17, 15) is 14.9 Å². The Hall–Kier alpha value is -4.31. The van der Waals surface area contributed by atoms with Crippen molar-refractivity contribution in [2.45, 2.75) is 30.3 Å². The van der Waals surface area contributed by atoms with Gasteiger partial charge in [0.05, 0.1) is 15.7 Å². The molecule has 3 aromatic carbocycles. The van der Waals surface area contributed by atoms with E-state index in [-0.39, 0.29) is 11.6 Å². The van der Waals surface area contributed by atoms with Gasteiger partial charge in [-0.2, -0.15) is 0 Å². The Morgan fingerprint density at radius 3 is 2.47 bits per heavy atom. The number of hydrogen-bond acceptors (Lipinski definition) is 7. The average molecular weight is 499 g/mol. The van der Waals surface area contributed by atoms with E-state index in [0.717, 1.165) is 16.5 Å². The zero-order valence-electron chi connectivity index (χ0n) is 19.4. The van der Waals surface area contributed by atoms with E-state index in [1.54, 1.807) is 0 Å². The molecule has 1 N–H and O–H groups in total. The molecule has 0 aliphatic carbocycles. The summed E-state index contributed by atoms with van der Waals surface area (Å²) < 4.78 is 2.12. The van der Waals surface area contributed by atoms with Crippen molar-refractivity contribution in [3.05, 3.63) is 94.5 Å². The molecule has 9 nitrogen and oxygen atoms in total. The minimum absolute atomic E-state index is 0.0342. The molecule has 0 saturated carbocycles. The van der Waals surface area contributed by atoms with Crippen molar-refractivity contribution in [3.63, 3.8) is 0 Å². The van der Waals surface area contributed by atoms with Crippen molar-refractivity contribution in [3.8, 4) is 0 Å². The van der Waals surface area contributed by atoms with Crippen LogP contribution in [-0.2, 0) is 11.3 Å². The van der Waals surface area contributed by atoms with Gasteiger partial charge in [0.15, 0.2) is 5.65 Å². The predicted molar refractivity (Wildman–Crippen MR) is 140 cm³/mol. The molecule has 10 heteroatoms. The number of amides is 1. The summed E-state index contributed by atoms with van der Waals surface area (Å²) in [7, 11) is 0. The summed E-state index contributed by atoms with van der Waals surface area (Å²) in [4.78, 5) is 28.1. The third kappa shape index (κ3) is 4.76. The van der Waals surface area contributed by atoms with Crippen LogP contribution in [0.25, 0.3) is 22.1 Å². The summed E-state index contributed by atoms with van der Waals surface area (Å²) in [6.45, 7) is 2.54. The lowest BCUT2D eigenvalue weighted by Crippen LogP contribution is -2.24. The molecule has 2 aromatic heterocycles. The highest BCUT2D eigenvalue weighted by molar-refractivity contribution is 8.00. The summed E-state index contributed by atoms with van der Waals surface area (Å²) >= 11 is 1.25. The molecule has 2 heterocycles. The van der Waals surface area contributed by atoms with E-state index in [0.29, 0.717) is 35.0 Å². The molecule has 180 valence electrons. The zero-order chi connectivity index (χ0) is 25.1. The van der Waals surface area contributed by atoms with E-state index in [4.69, 9.17) is 4.98 Å². The van der Waals surface area contributed by atoms with Crippen LogP contribution in [0.2, 0.25) is 0 Å². The summed E-state index contributed by atoms with van der Waals surface area (Å²) in [5, 5.41) is 23.4. The molecular formula is C26H22N6O3S. The highest BCUT2D eigenvalue weighted by atomic mass is 32.2. The highest BCUT2D eigenvalue weighted by Crippen LogP contribution is 2.30. The molecule has 1 amide bonds. The number of aromatic nitrogens is 4. The second kappa shape index (κ2) is 10.1. The van der Waals surface area contributed by atoms with Crippen LogP contribution in [0.4, 0.5) is 11.4 Å². The second-order valence-corrected chi connectivity index (χ2v) is 9.33. The number of hydrogen-bond donors (Lipinski definition) is 1. The molecule has 0 saturated heterocycles. The third-order valence-electron chi connectivity index (χ3n) is 5.79. The SMILES string of the molecule is CC[C@H](Sc1nnc2c3ccccc3n(Cc3ccccc3)c2n1)C(=O)Nc1ccc([N+](=O)[O-])cc1. The Kier molecular flexibility index (Phi) is 6.59. The number of nitrogens with zero attached hydrogens (tertiary/aromatic N) is 5. The molecule has 1 atom stereocenters. The molecule has 0 aliphatic heterocycles. The van der Waals surface area contributed by atoms with Crippen LogP contribution in [0.15, 0.2) is 84.0 Å². The fraction of sp³-hybridized carbons (Fsp3) is 0.154. The molecule has 5 aromatic rings. The maximum Gasteiger partial charge on any atom is 0.269 e. The van der Waals surface area contributed by atoms with Crippen LogP contribution < -0.4 is 5.32 Å². The standard InChI is InChI=1S/C26H22N6O3S/c1-2-22(25(33)27-18-12-14-19(15-13-18)32(34)35)36-26-28-24-23(29-30-26)20-10-6-7-11-21(20)31(24)16-17-8-4-3-5-9-17/h3-15,22H,2,16H2,1H3,(H,27,33)/t22-/m0/s1. The Bertz CT molecular complexity index is 1550. The number of rotatable bonds is 8.